The second-order valence-electron chi connectivity index (χ2n) is 5.32. The van der Waals surface area contributed by atoms with Crippen LogP contribution >= 0.6 is 0 Å². The zero-order chi connectivity index (χ0) is 12.7. The molecule has 0 aromatic carbocycles. The van der Waals surface area contributed by atoms with Crippen LogP contribution in [0.5, 0.6) is 0 Å². The van der Waals surface area contributed by atoms with E-state index in [1.165, 1.54) is 39.0 Å². The van der Waals surface area contributed by atoms with Gasteiger partial charge in [0.1, 0.15) is 0 Å². The van der Waals surface area contributed by atoms with Crippen LogP contribution in [0.3, 0.4) is 0 Å². The largest absolute Gasteiger partial charge is 0.317 e. The first kappa shape index (κ1) is 14.9. The molecule has 1 saturated heterocycles. The molecule has 1 N–H and O–H groups in total. The summed E-state index contributed by atoms with van der Waals surface area (Å²) < 4.78 is 0. The lowest BCUT2D eigenvalue weighted by Crippen LogP contribution is -2.52. The lowest BCUT2D eigenvalue weighted by molar-refractivity contribution is 0.0749. The molecule has 0 amide bonds. The first-order valence-corrected chi connectivity index (χ1v) is 7.37. The van der Waals surface area contributed by atoms with Gasteiger partial charge in [-0.2, -0.15) is 0 Å². The summed E-state index contributed by atoms with van der Waals surface area (Å²) in [6.07, 6.45) is 2.55. The van der Waals surface area contributed by atoms with Gasteiger partial charge >= 0.3 is 0 Å². The molecule has 1 aliphatic rings. The zero-order valence-electron chi connectivity index (χ0n) is 12.2. The van der Waals surface area contributed by atoms with Crippen molar-refractivity contribution in [3.8, 4) is 0 Å². The molecule has 0 radical (unpaired) electrons. The monoisotopic (exact) mass is 241 g/mol. The van der Waals surface area contributed by atoms with E-state index in [9.17, 15) is 0 Å². The molecule has 0 aromatic rings. The van der Waals surface area contributed by atoms with E-state index < -0.39 is 0 Å². The van der Waals surface area contributed by atoms with Crippen LogP contribution in [0.25, 0.3) is 0 Å². The summed E-state index contributed by atoms with van der Waals surface area (Å²) in [5.41, 5.74) is 0. The number of nitrogens with one attached hydrogen (secondary N) is 1. The van der Waals surface area contributed by atoms with Crippen molar-refractivity contribution in [3.05, 3.63) is 0 Å². The van der Waals surface area contributed by atoms with Crippen molar-refractivity contribution >= 4 is 0 Å². The SMILES string of the molecule is CCNCCC(C)N1CCN(C(C)CC)CC1. The van der Waals surface area contributed by atoms with Gasteiger partial charge in [-0.3, -0.25) is 9.80 Å². The van der Waals surface area contributed by atoms with Crippen LogP contribution in [0.2, 0.25) is 0 Å². The molecule has 0 bridgehead atoms. The average molecular weight is 241 g/mol. The van der Waals surface area contributed by atoms with E-state index in [2.05, 4.69) is 42.8 Å². The van der Waals surface area contributed by atoms with E-state index in [0.29, 0.717) is 0 Å². The number of hydrogen-bond acceptors (Lipinski definition) is 3. The molecule has 3 heteroatoms. The molecule has 0 aliphatic carbocycles. The van der Waals surface area contributed by atoms with Crippen molar-refractivity contribution in [2.75, 3.05) is 39.3 Å². The van der Waals surface area contributed by atoms with E-state index >= 15 is 0 Å². The topological polar surface area (TPSA) is 18.5 Å². The molecule has 0 aromatic heterocycles. The molecule has 1 fully saturated rings. The Hall–Kier alpha value is -0.120. The summed E-state index contributed by atoms with van der Waals surface area (Å²) in [6, 6.07) is 1.49. The summed E-state index contributed by atoms with van der Waals surface area (Å²) in [6.45, 7) is 16.4. The maximum atomic E-state index is 3.42. The summed E-state index contributed by atoms with van der Waals surface area (Å²) in [4.78, 5) is 5.28. The highest BCUT2D eigenvalue weighted by molar-refractivity contribution is 4.79. The fourth-order valence-electron chi connectivity index (χ4n) is 2.55. The first-order valence-electron chi connectivity index (χ1n) is 7.37. The normalized spacial score (nSPS) is 22.6. The van der Waals surface area contributed by atoms with Crippen molar-refractivity contribution in [2.24, 2.45) is 0 Å². The molecule has 1 rings (SSSR count). The smallest absolute Gasteiger partial charge is 0.0113 e. The fourth-order valence-corrected chi connectivity index (χ4v) is 2.55. The number of hydrogen-bond donors (Lipinski definition) is 1. The Labute approximate surface area is 108 Å². The predicted octanol–water partition coefficient (Wildman–Crippen LogP) is 1.79. The molecule has 2 unspecified atom stereocenters. The Morgan fingerprint density at radius 1 is 0.941 bits per heavy atom. The standard InChI is InChI=1S/C14H31N3/c1-5-13(3)16-9-11-17(12-10-16)14(4)7-8-15-6-2/h13-15H,5-12H2,1-4H3. The van der Waals surface area contributed by atoms with Crippen molar-refractivity contribution < 1.29 is 0 Å². The fraction of sp³-hybridized carbons (Fsp3) is 1.00. The number of rotatable bonds is 7. The lowest BCUT2D eigenvalue weighted by atomic mass is 10.1. The maximum Gasteiger partial charge on any atom is 0.0113 e. The van der Waals surface area contributed by atoms with Gasteiger partial charge in [-0.1, -0.05) is 13.8 Å². The van der Waals surface area contributed by atoms with Crippen molar-refractivity contribution in [1.82, 2.24) is 15.1 Å². The first-order chi connectivity index (χ1) is 8.19. The minimum Gasteiger partial charge on any atom is -0.317 e. The highest BCUT2D eigenvalue weighted by Crippen LogP contribution is 2.12. The molecule has 2 atom stereocenters. The van der Waals surface area contributed by atoms with Crippen LogP contribution in [-0.4, -0.2) is 61.2 Å². The van der Waals surface area contributed by atoms with Gasteiger partial charge in [-0.15, -0.1) is 0 Å². The summed E-state index contributed by atoms with van der Waals surface area (Å²) in [5.74, 6) is 0. The van der Waals surface area contributed by atoms with Crippen molar-refractivity contribution in [3.63, 3.8) is 0 Å². The minimum atomic E-state index is 0.730. The second kappa shape index (κ2) is 8.06. The summed E-state index contributed by atoms with van der Waals surface area (Å²) >= 11 is 0. The summed E-state index contributed by atoms with van der Waals surface area (Å²) in [5, 5.41) is 3.42. The van der Waals surface area contributed by atoms with Crippen LogP contribution in [-0.2, 0) is 0 Å². The molecule has 1 aliphatic heterocycles. The molecule has 17 heavy (non-hydrogen) atoms. The van der Waals surface area contributed by atoms with Crippen LogP contribution < -0.4 is 5.32 Å². The van der Waals surface area contributed by atoms with E-state index in [0.717, 1.165) is 25.2 Å². The maximum absolute atomic E-state index is 3.42. The van der Waals surface area contributed by atoms with Crippen LogP contribution in [0, 0.1) is 0 Å². The predicted molar refractivity (Wildman–Crippen MR) is 75.5 cm³/mol. The van der Waals surface area contributed by atoms with Crippen LogP contribution in [0.4, 0.5) is 0 Å². The number of nitrogens with zero attached hydrogens (tertiary/aromatic N) is 2. The highest BCUT2D eigenvalue weighted by atomic mass is 15.3. The van der Waals surface area contributed by atoms with Gasteiger partial charge in [-0.25, -0.2) is 0 Å². The zero-order valence-corrected chi connectivity index (χ0v) is 12.2. The highest BCUT2D eigenvalue weighted by Gasteiger charge is 2.22. The van der Waals surface area contributed by atoms with Gasteiger partial charge in [0.05, 0.1) is 0 Å². The molecule has 102 valence electrons. The molecule has 3 nitrogen and oxygen atoms in total. The van der Waals surface area contributed by atoms with Gasteiger partial charge < -0.3 is 5.32 Å². The van der Waals surface area contributed by atoms with E-state index in [1.807, 2.05) is 0 Å². The van der Waals surface area contributed by atoms with E-state index in [-0.39, 0.29) is 0 Å². The number of piperazine rings is 1. The van der Waals surface area contributed by atoms with E-state index in [1.54, 1.807) is 0 Å². The average Bonchev–Trinajstić information content (AvgIpc) is 2.38. The van der Waals surface area contributed by atoms with Gasteiger partial charge in [-0.05, 0) is 39.8 Å². The minimum absolute atomic E-state index is 0.730. The third kappa shape index (κ3) is 4.94. The van der Waals surface area contributed by atoms with Gasteiger partial charge in [0.2, 0.25) is 0 Å². The molecule has 0 spiro atoms. The Morgan fingerprint density at radius 2 is 1.47 bits per heavy atom. The summed E-state index contributed by atoms with van der Waals surface area (Å²) in [7, 11) is 0. The molecular weight excluding hydrogens is 210 g/mol. The van der Waals surface area contributed by atoms with Gasteiger partial charge in [0, 0.05) is 38.3 Å². The molecule has 1 heterocycles. The third-order valence-corrected chi connectivity index (χ3v) is 4.18. The Kier molecular flexibility index (Phi) is 7.09. The quantitative estimate of drug-likeness (QED) is 0.686. The Bertz CT molecular complexity index is 188. The van der Waals surface area contributed by atoms with Gasteiger partial charge in [0.25, 0.3) is 0 Å². The van der Waals surface area contributed by atoms with Crippen LogP contribution in [0.1, 0.15) is 40.5 Å². The second-order valence-corrected chi connectivity index (χ2v) is 5.32. The van der Waals surface area contributed by atoms with Crippen LogP contribution in [0.15, 0.2) is 0 Å². The van der Waals surface area contributed by atoms with Crippen molar-refractivity contribution in [2.45, 2.75) is 52.6 Å². The Balaban J connectivity index is 2.21. The lowest BCUT2D eigenvalue weighted by Gasteiger charge is -2.40. The van der Waals surface area contributed by atoms with Crippen molar-refractivity contribution in [1.29, 1.82) is 0 Å². The Morgan fingerprint density at radius 3 is 1.94 bits per heavy atom. The van der Waals surface area contributed by atoms with E-state index in [4.69, 9.17) is 0 Å². The molecular formula is C14H31N3. The molecule has 0 saturated carbocycles. The third-order valence-electron chi connectivity index (χ3n) is 4.18. The van der Waals surface area contributed by atoms with Gasteiger partial charge in [0.15, 0.2) is 0 Å².